The second-order valence-corrected chi connectivity index (χ2v) is 5.66. The summed E-state index contributed by atoms with van der Waals surface area (Å²) in [6.07, 6.45) is 8.42. The number of pyridine rings is 1. The lowest BCUT2D eigenvalue weighted by Crippen LogP contribution is -2.34. The van der Waals surface area contributed by atoms with Crippen molar-refractivity contribution in [2.75, 3.05) is 13.1 Å². The van der Waals surface area contributed by atoms with E-state index in [0.29, 0.717) is 13.1 Å². The molecule has 0 unspecified atom stereocenters. The molecule has 5 nitrogen and oxygen atoms in total. The molecule has 1 fully saturated rings. The quantitative estimate of drug-likeness (QED) is 0.937. The third kappa shape index (κ3) is 2.93. The van der Waals surface area contributed by atoms with Crippen LogP contribution in [0.5, 0.6) is 0 Å². The van der Waals surface area contributed by atoms with Crippen molar-refractivity contribution in [2.24, 2.45) is 5.73 Å². The van der Waals surface area contributed by atoms with Crippen LogP contribution in [0.1, 0.15) is 31.2 Å². The Morgan fingerprint density at radius 3 is 2.71 bits per heavy atom. The van der Waals surface area contributed by atoms with Gasteiger partial charge in [-0.2, -0.15) is 0 Å². The standard InChI is InChI=1S/C16H22N4O/c17-10-13-11-20(16-14(13)6-5-7-18-16)12-15(21)19-8-3-1-2-4-9-19/h5-7,11H,1-4,8-10,12,17H2. The van der Waals surface area contributed by atoms with Gasteiger partial charge in [-0.15, -0.1) is 0 Å². The van der Waals surface area contributed by atoms with Crippen molar-refractivity contribution in [1.82, 2.24) is 14.5 Å². The minimum absolute atomic E-state index is 0.183. The number of hydrogen-bond acceptors (Lipinski definition) is 3. The Kier molecular flexibility index (Phi) is 4.20. The fourth-order valence-corrected chi connectivity index (χ4v) is 3.04. The largest absolute Gasteiger partial charge is 0.341 e. The molecule has 0 aliphatic carbocycles. The highest BCUT2D eigenvalue weighted by molar-refractivity contribution is 5.83. The van der Waals surface area contributed by atoms with Gasteiger partial charge in [0.1, 0.15) is 12.2 Å². The fourth-order valence-electron chi connectivity index (χ4n) is 3.04. The predicted molar refractivity (Wildman–Crippen MR) is 82.7 cm³/mol. The van der Waals surface area contributed by atoms with Crippen molar-refractivity contribution in [2.45, 2.75) is 38.8 Å². The number of fused-ring (bicyclic) bond motifs is 1. The van der Waals surface area contributed by atoms with E-state index in [0.717, 1.165) is 42.5 Å². The smallest absolute Gasteiger partial charge is 0.242 e. The number of carbonyl (C=O) groups is 1. The lowest BCUT2D eigenvalue weighted by atomic mass is 10.2. The SMILES string of the molecule is NCc1cn(CC(=O)N2CCCCCC2)c2ncccc12. The number of amides is 1. The average Bonchev–Trinajstić information content (AvgIpc) is 2.69. The maximum absolute atomic E-state index is 12.5. The minimum Gasteiger partial charge on any atom is -0.341 e. The molecule has 3 heterocycles. The van der Waals surface area contributed by atoms with Gasteiger partial charge in [-0.3, -0.25) is 4.79 Å². The molecular formula is C16H22N4O. The Balaban J connectivity index is 1.82. The molecule has 21 heavy (non-hydrogen) atoms. The molecule has 2 N–H and O–H groups in total. The molecule has 1 amide bonds. The Labute approximate surface area is 124 Å². The first-order valence-corrected chi connectivity index (χ1v) is 7.70. The zero-order valence-corrected chi connectivity index (χ0v) is 12.3. The first-order chi connectivity index (χ1) is 10.3. The zero-order valence-electron chi connectivity index (χ0n) is 12.3. The second kappa shape index (κ2) is 6.26. The first kappa shape index (κ1) is 14.1. The summed E-state index contributed by atoms with van der Waals surface area (Å²) in [7, 11) is 0. The maximum atomic E-state index is 12.5. The highest BCUT2D eigenvalue weighted by Gasteiger charge is 2.17. The lowest BCUT2D eigenvalue weighted by molar-refractivity contribution is -0.131. The molecule has 0 spiro atoms. The van der Waals surface area contributed by atoms with E-state index in [2.05, 4.69) is 4.98 Å². The third-order valence-electron chi connectivity index (χ3n) is 4.20. The van der Waals surface area contributed by atoms with E-state index in [1.54, 1.807) is 6.20 Å². The second-order valence-electron chi connectivity index (χ2n) is 5.66. The molecule has 3 rings (SSSR count). The van der Waals surface area contributed by atoms with Gasteiger partial charge in [-0.05, 0) is 30.5 Å². The molecule has 1 aliphatic heterocycles. The Morgan fingerprint density at radius 2 is 2.00 bits per heavy atom. The normalized spacial score (nSPS) is 16.1. The van der Waals surface area contributed by atoms with Gasteiger partial charge in [0.25, 0.3) is 0 Å². The van der Waals surface area contributed by atoms with Crippen LogP contribution >= 0.6 is 0 Å². The van der Waals surface area contributed by atoms with Crippen LogP contribution in [0, 0.1) is 0 Å². The highest BCUT2D eigenvalue weighted by Crippen LogP contribution is 2.19. The monoisotopic (exact) mass is 286 g/mol. The molecule has 0 atom stereocenters. The van der Waals surface area contributed by atoms with Crippen molar-refractivity contribution in [3.63, 3.8) is 0 Å². The Morgan fingerprint density at radius 1 is 1.24 bits per heavy atom. The molecule has 5 heteroatoms. The summed E-state index contributed by atoms with van der Waals surface area (Å²) in [6.45, 7) is 2.59. The van der Waals surface area contributed by atoms with Crippen LogP contribution in [0.2, 0.25) is 0 Å². The van der Waals surface area contributed by atoms with Crippen LogP contribution in [0.25, 0.3) is 11.0 Å². The van der Waals surface area contributed by atoms with Gasteiger partial charge in [0.05, 0.1) is 0 Å². The summed E-state index contributed by atoms with van der Waals surface area (Å²) in [5.41, 5.74) is 7.68. The molecule has 1 saturated heterocycles. The Hall–Kier alpha value is -1.88. The third-order valence-corrected chi connectivity index (χ3v) is 4.20. The zero-order chi connectivity index (χ0) is 14.7. The van der Waals surface area contributed by atoms with E-state index in [1.165, 1.54) is 12.8 Å². The van der Waals surface area contributed by atoms with E-state index in [4.69, 9.17) is 5.73 Å². The van der Waals surface area contributed by atoms with Crippen LogP contribution in [0.15, 0.2) is 24.5 Å². The number of hydrogen-bond donors (Lipinski definition) is 1. The van der Waals surface area contributed by atoms with Gasteiger partial charge in [0.2, 0.25) is 5.91 Å². The van der Waals surface area contributed by atoms with E-state index in [1.807, 2.05) is 27.8 Å². The number of aromatic nitrogens is 2. The first-order valence-electron chi connectivity index (χ1n) is 7.70. The van der Waals surface area contributed by atoms with Crippen molar-refractivity contribution in [3.05, 3.63) is 30.1 Å². The van der Waals surface area contributed by atoms with E-state index in [9.17, 15) is 4.79 Å². The van der Waals surface area contributed by atoms with Crippen LogP contribution in [-0.4, -0.2) is 33.4 Å². The maximum Gasteiger partial charge on any atom is 0.242 e. The minimum atomic E-state index is 0.183. The average molecular weight is 286 g/mol. The molecule has 112 valence electrons. The van der Waals surface area contributed by atoms with Gasteiger partial charge in [0.15, 0.2) is 0 Å². The van der Waals surface area contributed by atoms with Crippen LogP contribution in [0.3, 0.4) is 0 Å². The fraction of sp³-hybridized carbons (Fsp3) is 0.500. The lowest BCUT2D eigenvalue weighted by Gasteiger charge is -2.20. The van der Waals surface area contributed by atoms with Crippen molar-refractivity contribution in [3.8, 4) is 0 Å². The summed E-state index contributed by atoms with van der Waals surface area (Å²) >= 11 is 0. The topological polar surface area (TPSA) is 64.2 Å². The predicted octanol–water partition coefficient (Wildman–Crippen LogP) is 1.90. The van der Waals surface area contributed by atoms with Gasteiger partial charge >= 0.3 is 0 Å². The van der Waals surface area contributed by atoms with Crippen molar-refractivity contribution in [1.29, 1.82) is 0 Å². The summed E-state index contributed by atoms with van der Waals surface area (Å²) in [4.78, 5) is 18.9. The number of nitrogens with zero attached hydrogens (tertiary/aromatic N) is 3. The molecular weight excluding hydrogens is 264 g/mol. The summed E-state index contributed by atoms with van der Waals surface area (Å²) in [5.74, 6) is 0.183. The Bertz CT molecular complexity index is 626. The van der Waals surface area contributed by atoms with Crippen LogP contribution in [-0.2, 0) is 17.9 Å². The van der Waals surface area contributed by atoms with E-state index < -0.39 is 0 Å². The van der Waals surface area contributed by atoms with Gasteiger partial charge in [0, 0.05) is 37.4 Å². The van der Waals surface area contributed by atoms with Crippen molar-refractivity contribution >= 4 is 16.9 Å². The number of carbonyl (C=O) groups excluding carboxylic acids is 1. The summed E-state index contributed by atoms with van der Waals surface area (Å²) in [5, 5.41) is 1.05. The molecule has 2 aromatic heterocycles. The number of likely N-dealkylation sites (tertiary alicyclic amines) is 1. The van der Waals surface area contributed by atoms with Crippen LogP contribution < -0.4 is 5.73 Å². The van der Waals surface area contributed by atoms with Crippen molar-refractivity contribution < 1.29 is 4.79 Å². The van der Waals surface area contributed by atoms with E-state index in [-0.39, 0.29) is 5.91 Å². The molecule has 0 saturated carbocycles. The van der Waals surface area contributed by atoms with Gasteiger partial charge < -0.3 is 15.2 Å². The number of rotatable bonds is 3. The summed E-state index contributed by atoms with van der Waals surface area (Å²) < 4.78 is 1.94. The number of nitrogens with two attached hydrogens (primary N) is 1. The summed E-state index contributed by atoms with van der Waals surface area (Å²) in [6, 6.07) is 3.92. The molecule has 0 radical (unpaired) electrons. The van der Waals surface area contributed by atoms with Gasteiger partial charge in [-0.1, -0.05) is 12.8 Å². The molecule has 1 aliphatic rings. The molecule has 0 bridgehead atoms. The van der Waals surface area contributed by atoms with E-state index >= 15 is 0 Å². The molecule has 2 aromatic rings. The molecule has 0 aromatic carbocycles. The highest BCUT2D eigenvalue weighted by atomic mass is 16.2. The van der Waals surface area contributed by atoms with Crippen LogP contribution in [0.4, 0.5) is 0 Å². The van der Waals surface area contributed by atoms with Gasteiger partial charge in [-0.25, -0.2) is 4.98 Å².